The first-order chi connectivity index (χ1) is 12.9. The molecular weight excluding hydrogens is 372 g/mol. The highest BCUT2D eigenvalue weighted by atomic mass is 32.2. The standard InChI is InChI=1S/C18H20N2O6S/c1-3-12(21)19-13-16(23)20-14(18(24)25)15(22)11(27-17(13)20)8-9-4-6-10(26-2)7-5-9/h4-7,11,13,17,22H,3,8H2,1-2H3,(H,19,21)(H,24,25)/t11?,13?,17-/m1/s1. The number of benzene rings is 1. The van der Waals surface area contributed by atoms with Crippen LogP contribution >= 0.6 is 11.8 Å². The Morgan fingerprint density at radius 1 is 1.30 bits per heavy atom. The fourth-order valence-electron chi connectivity index (χ4n) is 3.09. The highest BCUT2D eigenvalue weighted by Crippen LogP contribution is 2.44. The molecule has 0 saturated carbocycles. The van der Waals surface area contributed by atoms with Crippen LogP contribution < -0.4 is 10.1 Å². The molecule has 0 aromatic heterocycles. The monoisotopic (exact) mass is 392 g/mol. The fraction of sp³-hybridized carbons (Fsp3) is 0.389. The number of nitrogens with one attached hydrogen (secondary N) is 1. The van der Waals surface area contributed by atoms with E-state index in [4.69, 9.17) is 4.74 Å². The van der Waals surface area contributed by atoms with E-state index < -0.39 is 34.2 Å². The third-order valence-corrected chi connectivity index (χ3v) is 6.04. The van der Waals surface area contributed by atoms with E-state index in [1.165, 1.54) is 11.8 Å². The van der Waals surface area contributed by atoms with Gasteiger partial charge in [0.05, 0.1) is 12.4 Å². The number of aliphatic hydroxyl groups excluding tert-OH is 1. The molecule has 0 aliphatic carbocycles. The van der Waals surface area contributed by atoms with Gasteiger partial charge in [-0.05, 0) is 24.1 Å². The summed E-state index contributed by atoms with van der Waals surface area (Å²) in [6, 6.07) is 6.45. The van der Waals surface area contributed by atoms with Crippen LogP contribution in [0.2, 0.25) is 0 Å². The molecule has 0 spiro atoms. The second-order valence-corrected chi connectivity index (χ2v) is 7.54. The summed E-state index contributed by atoms with van der Waals surface area (Å²) >= 11 is 1.27. The van der Waals surface area contributed by atoms with Gasteiger partial charge < -0.3 is 20.3 Å². The molecule has 2 amide bonds. The van der Waals surface area contributed by atoms with E-state index in [9.17, 15) is 24.6 Å². The van der Waals surface area contributed by atoms with Gasteiger partial charge in [0.15, 0.2) is 5.70 Å². The SMILES string of the molecule is CCC(=O)NC1C(=O)N2C(C(=O)O)=C(O)C(Cc3ccc(OC)cc3)S[C@H]12. The number of carbonyl (C=O) groups excluding carboxylic acids is 2. The zero-order valence-corrected chi connectivity index (χ0v) is 15.7. The van der Waals surface area contributed by atoms with Gasteiger partial charge in [-0.15, -0.1) is 11.8 Å². The van der Waals surface area contributed by atoms with E-state index in [1.807, 2.05) is 12.1 Å². The highest BCUT2D eigenvalue weighted by Gasteiger charge is 2.56. The lowest BCUT2D eigenvalue weighted by Gasteiger charge is -2.50. The number of carbonyl (C=O) groups is 3. The average Bonchev–Trinajstić information content (AvgIpc) is 2.67. The van der Waals surface area contributed by atoms with Crippen molar-refractivity contribution in [3.8, 4) is 5.75 Å². The number of fused-ring (bicyclic) bond motifs is 1. The summed E-state index contributed by atoms with van der Waals surface area (Å²) < 4.78 is 5.12. The molecule has 3 atom stereocenters. The highest BCUT2D eigenvalue weighted by molar-refractivity contribution is 8.00. The first-order valence-corrected chi connectivity index (χ1v) is 9.38. The molecule has 1 fully saturated rings. The smallest absolute Gasteiger partial charge is 0.356 e. The van der Waals surface area contributed by atoms with Crippen molar-refractivity contribution in [2.75, 3.05) is 7.11 Å². The minimum absolute atomic E-state index is 0.226. The quantitative estimate of drug-likeness (QED) is 0.624. The maximum atomic E-state index is 12.3. The molecule has 8 nitrogen and oxygen atoms in total. The molecule has 9 heteroatoms. The van der Waals surface area contributed by atoms with Gasteiger partial charge in [-0.25, -0.2) is 4.79 Å². The predicted molar refractivity (Wildman–Crippen MR) is 98.2 cm³/mol. The van der Waals surface area contributed by atoms with E-state index in [2.05, 4.69) is 5.32 Å². The molecule has 144 valence electrons. The minimum Gasteiger partial charge on any atom is -0.509 e. The number of nitrogens with zero attached hydrogens (tertiary/aromatic N) is 1. The van der Waals surface area contributed by atoms with E-state index in [0.29, 0.717) is 12.2 Å². The zero-order chi connectivity index (χ0) is 19.7. The number of hydrogen-bond acceptors (Lipinski definition) is 6. The van der Waals surface area contributed by atoms with Crippen LogP contribution in [0, 0.1) is 0 Å². The van der Waals surface area contributed by atoms with E-state index in [0.717, 1.165) is 10.5 Å². The lowest BCUT2D eigenvalue weighted by molar-refractivity contribution is -0.151. The van der Waals surface area contributed by atoms with Crippen LogP contribution in [-0.2, 0) is 20.8 Å². The molecule has 1 saturated heterocycles. The number of methoxy groups -OCH3 is 1. The van der Waals surface area contributed by atoms with Crippen molar-refractivity contribution < 1.29 is 29.3 Å². The van der Waals surface area contributed by atoms with Crippen molar-refractivity contribution >= 4 is 29.5 Å². The van der Waals surface area contributed by atoms with Crippen LogP contribution in [0.1, 0.15) is 18.9 Å². The van der Waals surface area contributed by atoms with Gasteiger partial charge in [0.1, 0.15) is 22.9 Å². The Kier molecular flexibility index (Phi) is 5.31. The molecular formula is C18H20N2O6S. The van der Waals surface area contributed by atoms with Gasteiger partial charge in [0.25, 0.3) is 5.91 Å². The summed E-state index contributed by atoms with van der Waals surface area (Å²) in [4.78, 5) is 36.7. The normalized spacial score (nSPS) is 24.1. The molecule has 2 unspecified atom stereocenters. The number of carboxylic acids is 1. The Morgan fingerprint density at radius 2 is 1.96 bits per heavy atom. The van der Waals surface area contributed by atoms with E-state index >= 15 is 0 Å². The van der Waals surface area contributed by atoms with Crippen LogP contribution in [0.15, 0.2) is 35.7 Å². The fourth-order valence-corrected chi connectivity index (χ4v) is 4.63. The van der Waals surface area contributed by atoms with Gasteiger partial charge in [0, 0.05) is 6.42 Å². The van der Waals surface area contributed by atoms with Crippen molar-refractivity contribution in [2.24, 2.45) is 0 Å². The summed E-state index contributed by atoms with van der Waals surface area (Å²) in [5, 5.41) is 21.5. The van der Waals surface area contributed by atoms with Crippen LogP contribution in [0.3, 0.4) is 0 Å². The third-order valence-electron chi connectivity index (χ3n) is 4.56. The topological polar surface area (TPSA) is 116 Å². The molecule has 1 aromatic rings. The van der Waals surface area contributed by atoms with Crippen LogP contribution in [0.25, 0.3) is 0 Å². The first-order valence-electron chi connectivity index (χ1n) is 8.44. The summed E-state index contributed by atoms with van der Waals surface area (Å²) in [6.07, 6.45) is 0.605. The van der Waals surface area contributed by atoms with Gasteiger partial charge >= 0.3 is 5.97 Å². The number of thioether (sulfide) groups is 1. The summed E-state index contributed by atoms with van der Waals surface area (Å²) in [6.45, 7) is 1.67. The number of amides is 2. The third kappa shape index (κ3) is 3.46. The van der Waals surface area contributed by atoms with E-state index in [1.54, 1.807) is 26.2 Å². The molecule has 2 aliphatic rings. The Hall–Kier alpha value is -2.68. The van der Waals surface area contributed by atoms with Crippen LogP contribution in [-0.4, -0.2) is 56.7 Å². The number of rotatable bonds is 6. The number of β-lactam (4-membered cyclic amide) rings is 1. The Bertz CT molecular complexity index is 807. The molecule has 27 heavy (non-hydrogen) atoms. The second kappa shape index (κ2) is 7.51. The largest absolute Gasteiger partial charge is 0.509 e. The summed E-state index contributed by atoms with van der Waals surface area (Å²) in [7, 11) is 1.56. The number of ether oxygens (including phenoxy) is 1. The van der Waals surface area contributed by atoms with Crippen molar-refractivity contribution in [2.45, 2.75) is 36.4 Å². The number of hydrogen-bond donors (Lipinski definition) is 3. The Balaban J connectivity index is 1.86. The summed E-state index contributed by atoms with van der Waals surface area (Å²) in [5.41, 5.74) is 0.474. The lowest BCUT2D eigenvalue weighted by Crippen LogP contribution is -2.71. The van der Waals surface area contributed by atoms with Crippen molar-refractivity contribution in [1.29, 1.82) is 0 Å². The first kappa shape index (κ1) is 19.1. The second-order valence-electron chi connectivity index (χ2n) is 6.21. The van der Waals surface area contributed by atoms with Crippen molar-refractivity contribution in [3.05, 3.63) is 41.3 Å². The zero-order valence-electron chi connectivity index (χ0n) is 14.8. The molecule has 2 aliphatic heterocycles. The summed E-state index contributed by atoms with van der Waals surface area (Å²) in [5.74, 6) is -1.82. The number of aliphatic carboxylic acids is 1. The molecule has 3 N–H and O–H groups in total. The minimum atomic E-state index is -1.37. The van der Waals surface area contributed by atoms with Gasteiger partial charge in [0.2, 0.25) is 5.91 Å². The maximum Gasteiger partial charge on any atom is 0.356 e. The van der Waals surface area contributed by atoms with Gasteiger partial charge in [-0.1, -0.05) is 19.1 Å². The molecule has 1 aromatic carbocycles. The molecule has 3 rings (SSSR count). The number of carboxylic acid groups (broad SMARTS) is 1. The predicted octanol–water partition coefficient (Wildman–Crippen LogP) is 1.27. The van der Waals surface area contributed by atoms with Crippen molar-refractivity contribution in [1.82, 2.24) is 10.2 Å². The molecule has 0 radical (unpaired) electrons. The maximum absolute atomic E-state index is 12.3. The lowest BCUT2D eigenvalue weighted by atomic mass is 10.0. The molecule has 0 bridgehead atoms. The van der Waals surface area contributed by atoms with Crippen molar-refractivity contribution in [3.63, 3.8) is 0 Å². The number of aliphatic hydroxyl groups is 1. The van der Waals surface area contributed by atoms with Gasteiger partial charge in [-0.3, -0.25) is 14.5 Å². The molecule has 2 heterocycles. The van der Waals surface area contributed by atoms with E-state index in [-0.39, 0.29) is 18.1 Å². The van der Waals surface area contributed by atoms with Crippen LogP contribution in [0.4, 0.5) is 0 Å². The average molecular weight is 392 g/mol. The Labute approximate surface area is 160 Å². The van der Waals surface area contributed by atoms with Crippen LogP contribution in [0.5, 0.6) is 5.75 Å². The van der Waals surface area contributed by atoms with Gasteiger partial charge in [-0.2, -0.15) is 0 Å². The Morgan fingerprint density at radius 3 is 2.52 bits per heavy atom.